The molecule has 0 aromatic heterocycles. The number of rotatable bonds is 11. The largest absolute Gasteiger partial charge is 4.00 e. The number of allylic oxidation sites excluding steroid dienone is 10. The van der Waals surface area contributed by atoms with Crippen molar-refractivity contribution in [3.63, 3.8) is 0 Å². The second-order valence-electron chi connectivity index (χ2n) is 21.5. The fraction of sp³-hybridized carbons (Fsp3) is 0.367. The van der Waals surface area contributed by atoms with Gasteiger partial charge < -0.3 is 29.7 Å². The van der Waals surface area contributed by atoms with Crippen LogP contribution in [0.15, 0.2) is 226 Å². The molecular formula is C79H110Zr2. The maximum absolute atomic E-state index is 3.82. The van der Waals surface area contributed by atoms with Crippen molar-refractivity contribution in [3.8, 4) is 0 Å². The van der Waals surface area contributed by atoms with E-state index < -0.39 is 0 Å². The van der Waals surface area contributed by atoms with Crippen LogP contribution in [0, 0.1) is 105 Å². The van der Waals surface area contributed by atoms with Crippen LogP contribution in [-0.2, 0) is 58.8 Å². The van der Waals surface area contributed by atoms with Crippen molar-refractivity contribution in [1.82, 2.24) is 0 Å². The van der Waals surface area contributed by atoms with Crippen LogP contribution in [0.2, 0.25) is 0 Å². The van der Waals surface area contributed by atoms with E-state index in [2.05, 4.69) is 133 Å². The fourth-order valence-electron chi connectivity index (χ4n) is 11.3. The van der Waals surface area contributed by atoms with E-state index in [9.17, 15) is 0 Å². The zero-order valence-corrected chi connectivity index (χ0v) is 56.6. The van der Waals surface area contributed by atoms with Gasteiger partial charge in [-0.2, -0.15) is 98.5 Å². The molecule has 4 saturated carbocycles. The zero-order chi connectivity index (χ0) is 53.4. The van der Waals surface area contributed by atoms with Crippen LogP contribution in [0.25, 0.3) is 0 Å². The summed E-state index contributed by atoms with van der Waals surface area (Å²) in [5.41, 5.74) is 5.78. The van der Waals surface area contributed by atoms with Gasteiger partial charge in [0, 0.05) is 0 Å². The summed E-state index contributed by atoms with van der Waals surface area (Å²) in [4.78, 5) is 0. The first-order valence-corrected chi connectivity index (χ1v) is 29.2. The van der Waals surface area contributed by atoms with E-state index in [1.54, 1.807) is 0 Å². The summed E-state index contributed by atoms with van der Waals surface area (Å²) in [5.74, 6) is 7.24. The van der Waals surface area contributed by atoms with Gasteiger partial charge in [-0.05, 0) is 111 Å². The molecule has 5 aromatic carbocycles. The van der Waals surface area contributed by atoms with Gasteiger partial charge in [0.15, 0.2) is 0 Å². The Kier molecular flexibility index (Phi) is 52.6. The van der Waals surface area contributed by atoms with Gasteiger partial charge in [0.05, 0.1) is 0 Å². The molecule has 11 rings (SSSR count). The fourth-order valence-corrected chi connectivity index (χ4v) is 11.3. The molecule has 6 aliphatic rings. The Morgan fingerprint density at radius 3 is 1.10 bits per heavy atom. The number of hydrogen-bond donors (Lipinski definition) is 0. The first-order valence-electron chi connectivity index (χ1n) is 29.2. The van der Waals surface area contributed by atoms with E-state index in [1.165, 1.54) is 134 Å². The molecule has 0 bridgehead atoms. The van der Waals surface area contributed by atoms with E-state index in [-0.39, 0.29) is 82.1 Å². The molecule has 0 nitrogen and oxygen atoms in total. The minimum Gasteiger partial charge on any atom is -0.358 e. The number of benzene rings is 5. The van der Waals surface area contributed by atoms with Crippen LogP contribution >= 0.6 is 0 Å². The molecule has 434 valence electrons. The minimum atomic E-state index is 0. The van der Waals surface area contributed by atoms with E-state index in [0.29, 0.717) is 0 Å². The molecule has 6 unspecified atom stereocenters. The smallest absolute Gasteiger partial charge is 0.358 e. The molecule has 0 radical (unpaired) electrons. The summed E-state index contributed by atoms with van der Waals surface area (Å²) in [6, 6.07) is 50.4. The van der Waals surface area contributed by atoms with Crippen molar-refractivity contribution in [1.29, 1.82) is 0 Å². The topological polar surface area (TPSA) is 0 Å². The molecule has 0 saturated heterocycles. The molecule has 5 aromatic rings. The van der Waals surface area contributed by atoms with Gasteiger partial charge in [-0.1, -0.05) is 193 Å². The molecule has 81 heavy (non-hydrogen) atoms. The van der Waals surface area contributed by atoms with Gasteiger partial charge in [0.2, 0.25) is 0 Å². The molecule has 4 fully saturated rings. The second-order valence-corrected chi connectivity index (χ2v) is 21.5. The van der Waals surface area contributed by atoms with Gasteiger partial charge in [0.25, 0.3) is 0 Å². The predicted octanol–water partition coefficient (Wildman–Crippen LogP) is 23.5. The molecule has 0 N–H and O–H groups in total. The first kappa shape index (κ1) is 81.0. The van der Waals surface area contributed by atoms with Gasteiger partial charge in [-0.15, -0.1) is 61.7 Å². The van der Waals surface area contributed by atoms with Gasteiger partial charge in [-0.3, -0.25) is 0 Å². The second kappa shape index (κ2) is 52.6. The first-order chi connectivity index (χ1) is 36.8. The summed E-state index contributed by atoms with van der Waals surface area (Å²) in [6.07, 6.45) is 50.9. The number of aryl methyl sites for hydroxylation is 1. The Hall–Kier alpha value is -4.21. The van der Waals surface area contributed by atoms with Gasteiger partial charge in [0.1, 0.15) is 0 Å². The van der Waals surface area contributed by atoms with Gasteiger partial charge >= 0.3 is 52.4 Å². The molecule has 6 aliphatic carbocycles. The average molecular weight is 1240 g/mol. The predicted molar refractivity (Wildman–Crippen MR) is 358 cm³/mol. The Morgan fingerprint density at radius 2 is 0.753 bits per heavy atom. The number of unbranched alkanes of at least 4 members (excludes halogenated alkanes) is 1. The van der Waals surface area contributed by atoms with Crippen LogP contribution in [0.1, 0.15) is 157 Å². The third kappa shape index (κ3) is 36.9. The Bertz CT molecular complexity index is 2100. The van der Waals surface area contributed by atoms with Crippen molar-refractivity contribution in [2.75, 3.05) is 0 Å². The normalized spacial score (nSPS) is 19.6. The monoisotopic (exact) mass is 1240 g/mol. The molecule has 2 heteroatoms. The number of hydrogen-bond acceptors (Lipinski definition) is 0. The van der Waals surface area contributed by atoms with Crippen molar-refractivity contribution >= 4 is 0 Å². The third-order valence-corrected chi connectivity index (χ3v) is 15.6. The Morgan fingerprint density at radius 1 is 0.407 bits per heavy atom. The van der Waals surface area contributed by atoms with Crippen LogP contribution in [0.4, 0.5) is 0 Å². The van der Waals surface area contributed by atoms with E-state index in [1.807, 2.05) is 127 Å². The van der Waals surface area contributed by atoms with Crippen molar-refractivity contribution in [2.45, 2.75) is 135 Å². The minimum absolute atomic E-state index is 0. The quantitative estimate of drug-likeness (QED) is 0.0913. The SMILES string of the molecule is C1=CC2CCC(CCc3ccccc3)C2C=C1.C=CCC1CCC2C=CC=CC21.C=CCCC1CCCC1.CCCCC1CCCC1.[CH2-]c1ccccc1.[CH2-]c1ccccc1.[CH2-]c1ccccc1.[CH2-]c1ccccc1.[CH3-].[CH3-].[CH3-].[CH3-].[Zr+4].[Zr+4]. The summed E-state index contributed by atoms with van der Waals surface area (Å²) in [7, 11) is 0. The van der Waals surface area contributed by atoms with Crippen LogP contribution in [0.5, 0.6) is 0 Å². The van der Waals surface area contributed by atoms with E-state index in [4.69, 9.17) is 0 Å². The number of fused-ring (bicyclic) bond motifs is 2. The maximum atomic E-state index is 3.82. The van der Waals surface area contributed by atoms with Crippen LogP contribution in [0.3, 0.4) is 0 Å². The van der Waals surface area contributed by atoms with Crippen LogP contribution < -0.4 is 0 Å². The average Bonchev–Trinajstić information content (AvgIpc) is 4.32. The summed E-state index contributed by atoms with van der Waals surface area (Å²) in [5, 5.41) is 0. The Labute approximate surface area is 541 Å². The van der Waals surface area contributed by atoms with E-state index >= 15 is 0 Å². The van der Waals surface area contributed by atoms with Crippen molar-refractivity contribution in [2.24, 2.45) is 47.3 Å². The molecular weight excluding hydrogens is 1130 g/mol. The van der Waals surface area contributed by atoms with Crippen molar-refractivity contribution < 1.29 is 52.4 Å². The maximum Gasteiger partial charge on any atom is 4.00 e. The summed E-state index contributed by atoms with van der Waals surface area (Å²) >= 11 is 0. The summed E-state index contributed by atoms with van der Waals surface area (Å²) in [6.45, 7) is 24.7. The standard InChI is InChI=1S/C17H20.C12H16.C9H18.C9H16.4C7H7.4CH3.2Zr/c1-2-6-14(7-3-1)10-11-16-13-12-15-8-4-5-9-17(15)16;1-2-5-10-8-9-11-6-3-4-7-12(10)11;2*1-2-3-6-9-7-4-5-8-9;4*1-7-5-3-2-4-6-7;;;;;;/h1-9,15-17H,10-13H2;2-4,6-7,10-12H,1,5,8-9H2;9H,2-8H2,1H3;2,9H,1,3-8H2;4*2-6H,1H2;4*1H3;;/q;;;;8*-1;2*+4. The van der Waals surface area contributed by atoms with Gasteiger partial charge in [-0.25, -0.2) is 0 Å². The Balaban J connectivity index is -0.000000869. The molecule has 0 heterocycles. The van der Waals surface area contributed by atoms with Crippen molar-refractivity contribution in [3.05, 3.63) is 311 Å². The molecule has 6 atom stereocenters. The molecule has 0 amide bonds. The van der Waals surface area contributed by atoms with Crippen LogP contribution in [-0.4, -0.2) is 0 Å². The van der Waals surface area contributed by atoms with E-state index in [0.717, 1.165) is 69.6 Å². The molecule has 0 aliphatic heterocycles. The zero-order valence-electron chi connectivity index (χ0n) is 51.7. The third-order valence-electron chi connectivity index (χ3n) is 15.6. The molecule has 0 spiro atoms. The summed E-state index contributed by atoms with van der Waals surface area (Å²) < 4.78 is 0.